The molecule has 0 radical (unpaired) electrons. The summed E-state index contributed by atoms with van der Waals surface area (Å²) in [5, 5.41) is 5.42. The van der Waals surface area contributed by atoms with Crippen LogP contribution in [0.1, 0.15) is 6.42 Å². The van der Waals surface area contributed by atoms with Crippen LogP contribution in [0.15, 0.2) is 0 Å². The molecule has 82 valence electrons. The predicted molar refractivity (Wildman–Crippen MR) is 55.9 cm³/mol. The molecule has 1 saturated heterocycles. The highest BCUT2D eigenvalue weighted by molar-refractivity contribution is 5.89. The van der Waals surface area contributed by atoms with E-state index in [4.69, 9.17) is 6.42 Å². The van der Waals surface area contributed by atoms with Crippen molar-refractivity contribution in [2.45, 2.75) is 12.5 Å². The van der Waals surface area contributed by atoms with Gasteiger partial charge in [-0.25, -0.2) is 0 Å². The van der Waals surface area contributed by atoms with Crippen molar-refractivity contribution in [2.75, 3.05) is 26.7 Å². The number of terminal acetylenes is 1. The van der Waals surface area contributed by atoms with Crippen LogP contribution in [0.25, 0.3) is 0 Å². The first kappa shape index (κ1) is 11.5. The first-order valence-corrected chi connectivity index (χ1v) is 4.83. The van der Waals surface area contributed by atoms with Crippen molar-refractivity contribution in [1.29, 1.82) is 0 Å². The first-order chi connectivity index (χ1) is 7.15. The van der Waals surface area contributed by atoms with Gasteiger partial charge in [-0.3, -0.25) is 14.9 Å². The zero-order valence-electron chi connectivity index (χ0n) is 8.75. The van der Waals surface area contributed by atoms with Gasteiger partial charge in [-0.15, -0.1) is 6.42 Å². The number of nitrogens with zero attached hydrogens (tertiary/aromatic N) is 1. The Morgan fingerprint density at radius 1 is 1.73 bits per heavy atom. The lowest BCUT2D eigenvalue weighted by molar-refractivity contribution is -0.131. The number of nitrogens with one attached hydrogen (secondary N) is 2. The highest BCUT2D eigenvalue weighted by Crippen LogP contribution is 2.07. The Labute approximate surface area is 89.2 Å². The number of hydrogen-bond donors (Lipinski definition) is 2. The van der Waals surface area contributed by atoms with Gasteiger partial charge in [-0.05, 0) is 6.42 Å². The van der Waals surface area contributed by atoms with Crippen molar-refractivity contribution >= 4 is 11.8 Å². The molecule has 1 unspecified atom stereocenters. The third-order valence-electron chi connectivity index (χ3n) is 2.28. The van der Waals surface area contributed by atoms with Gasteiger partial charge in [0, 0.05) is 13.6 Å². The largest absolute Gasteiger partial charge is 0.344 e. The normalized spacial score (nSPS) is 20.1. The molecule has 1 atom stereocenters. The Hall–Kier alpha value is -1.54. The molecule has 1 fully saturated rings. The second kappa shape index (κ2) is 5.37. The lowest BCUT2D eigenvalue weighted by Crippen LogP contribution is -2.44. The summed E-state index contributed by atoms with van der Waals surface area (Å²) in [7, 11) is 1.73. The fourth-order valence-electron chi connectivity index (χ4n) is 1.45. The minimum absolute atomic E-state index is 0.0275. The number of rotatable bonds is 4. The van der Waals surface area contributed by atoms with E-state index < -0.39 is 0 Å². The van der Waals surface area contributed by atoms with Crippen LogP contribution in [0, 0.1) is 12.3 Å². The van der Waals surface area contributed by atoms with Crippen LogP contribution >= 0.6 is 0 Å². The van der Waals surface area contributed by atoms with Crippen LogP contribution in [-0.4, -0.2) is 49.4 Å². The molecule has 0 aromatic heterocycles. The van der Waals surface area contributed by atoms with Crippen LogP contribution in [0.5, 0.6) is 0 Å². The van der Waals surface area contributed by atoms with Crippen molar-refractivity contribution in [3.63, 3.8) is 0 Å². The third kappa shape index (κ3) is 3.26. The molecule has 0 aliphatic carbocycles. The molecule has 0 aromatic carbocycles. The van der Waals surface area contributed by atoms with Gasteiger partial charge in [0.15, 0.2) is 0 Å². The molecule has 5 nitrogen and oxygen atoms in total. The lowest BCUT2D eigenvalue weighted by atomic mass is 10.2. The average Bonchev–Trinajstić information content (AvgIpc) is 2.50. The van der Waals surface area contributed by atoms with E-state index in [9.17, 15) is 9.59 Å². The molecule has 2 amide bonds. The van der Waals surface area contributed by atoms with Crippen LogP contribution in [0.2, 0.25) is 0 Å². The van der Waals surface area contributed by atoms with Crippen LogP contribution in [-0.2, 0) is 9.59 Å². The summed E-state index contributed by atoms with van der Waals surface area (Å²) in [6.07, 6.45) is 5.69. The third-order valence-corrected chi connectivity index (χ3v) is 2.28. The Balaban J connectivity index is 2.27. The summed E-state index contributed by atoms with van der Waals surface area (Å²) >= 11 is 0. The van der Waals surface area contributed by atoms with E-state index in [1.54, 1.807) is 11.9 Å². The number of carbonyl (C=O) groups is 2. The predicted octanol–water partition coefficient (Wildman–Crippen LogP) is -1.44. The zero-order valence-corrected chi connectivity index (χ0v) is 8.75. The van der Waals surface area contributed by atoms with Crippen molar-refractivity contribution < 1.29 is 9.59 Å². The fraction of sp³-hybridized carbons (Fsp3) is 0.600. The average molecular weight is 209 g/mol. The SMILES string of the molecule is C#CCNCC(=O)NC1CCN(C)C1=O. The number of amides is 2. The summed E-state index contributed by atoms with van der Waals surface area (Å²) in [4.78, 5) is 24.4. The molecule has 15 heavy (non-hydrogen) atoms. The maximum atomic E-state index is 11.4. The van der Waals surface area contributed by atoms with Crippen LogP contribution in [0.3, 0.4) is 0 Å². The molecule has 1 aliphatic rings. The van der Waals surface area contributed by atoms with Crippen molar-refractivity contribution in [3.05, 3.63) is 0 Å². The molecule has 1 heterocycles. The topological polar surface area (TPSA) is 61.4 Å². The van der Waals surface area contributed by atoms with E-state index in [2.05, 4.69) is 16.6 Å². The maximum Gasteiger partial charge on any atom is 0.244 e. The highest BCUT2D eigenvalue weighted by atomic mass is 16.2. The molecule has 0 spiro atoms. The Morgan fingerprint density at radius 3 is 3.00 bits per heavy atom. The van der Waals surface area contributed by atoms with E-state index in [1.807, 2.05) is 0 Å². The molecule has 2 N–H and O–H groups in total. The summed E-state index contributed by atoms with van der Waals surface area (Å²) in [5.74, 6) is 2.14. The minimum atomic E-state index is -0.366. The minimum Gasteiger partial charge on any atom is -0.344 e. The Bertz CT molecular complexity index is 296. The van der Waals surface area contributed by atoms with E-state index in [-0.39, 0.29) is 24.4 Å². The second-order valence-corrected chi connectivity index (χ2v) is 3.48. The van der Waals surface area contributed by atoms with Crippen LogP contribution in [0.4, 0.5) is 0 Å². The van der Waals surface area contributed by atoms with Gasteiger partial charge in [-0.1, -0.05) is 5.92 Å². The molecular weight excluding hydrogens is 194 g/mol. The molecule has 0 saturated carbocycles. The smallest absolute Gasteiger partial charge is 0.244 e. The standard InChI is InChI=1S/C10H15N3O2/c1-3-5-11-7-9(14)12-8-4-6-13(2)10(8)15/h1,8,11H,4-7H2,2H3,(H,12,14). The van der Waals surface area contributed by atoms with E-state index in [1.165, 1.54) is 0 Å². The quantitative estimate of drug-likeness (QED) is 0.440. The zero-order chi connectivity index (χ0) is 11.3. The second-order valence-electron chi connectivity index (χ2n) is 3.48. The number of likely N-dealkylation sites (N-methyl/N-ethyl adjacent to an activating group) is 1. The summed E-state index contributed by atoms with van der Waals surface area (Å²) in [6, 6.07) is -0.366. The lowest BCUT2D eigenvalue weighted by Gasteiger charge is -2.12. The molecule has 0 aromatic rings. The highest BCUT2D eigenvalue weighted by Gasteiger charge is 2.29. The fourth-order valence-corrected chi connectivity index (χ4v) is 1.45. The van der Waals surface area contributed by atoms with Crippen molar-refractivity contribution in [2.24, 2.45) is 0 Å². The summed E-state index contributed by atoms with van der Waals surface area (Å²) < 4.78 is 0. The molecule has 1 rings (SSSR count). The number of likely N-dealkylation sites (tertiary alicyclic amines) is 1. The van der Waals surface area contributed by atoms with E-state index in [0.29, 0.717) is 19.5 Å². The monoisotopic (exact) mass is 209 g/mol. The van der Waals surface area contributed by atoms with Gasteiger partial charge >= 0.3 is 0 Å². The van der Waals surface area contributed by atoms with Gasteiger partial charge < -0.3 is 10.2 Å². The van der Waals surface area contributed by atoms with E-state index in [0.717, 1.165) is 0 Å². The van der Waals surface area contributed by atoms with Crippen molar-refractivity contribution in [1.82, 2.24) is 15.5 Å². The van der Waals surface area contributed by atoms with Crippen molar-refractivity contribution in [3.8, 4) is 12.3 Å². The summed E-state index contributed by atoms with van der Waals surface area (Å²) in [6.45, 7) is 1.20. The Morgan fingerprint density at radius 2 is 2.47 bits per heavy atom. The molecular formula is C10H15N3O2. The number of carbonyl (C=O) groups excluding carboxylic acids is 2. The molecule has 0 bridgehead atoms. The van der Waals surface area contributed by atoms with E-state index >= 15 is 0 Å². The van der Waals surface area contributed by atoms with Gasteiger partial charge in [0.1, 0.15) is 6.04 Å². The number of hydrogen-bond acceptors (Lipinski definition) is 3. The first-order valence-electron chi connectivity index (χ1n) is 4.83. The summed E-state index contributed by atoms with van der Waals surface area (Å²) in [5.41, 5.74) is 0. The Kier molecular flexibility index (Phi) is 4.13. The van der Waals surface area contributed by atoms with Gasteiger partial charge in [0.05, 0.1) is 13.1 Å². The van der Waals surface area contributed by atoms with Crippen LogP contribution < -0.4 is 10.6 Å². The van der Waals surface area contributed by atoms with Gasteiger partial charge in [-0.2, -0.15) is 0 Å². The molecule has 5 heteroatoms. The molecule has 1 aliphatic heterocycles. The van der Waals surface area contributed by atoms with Gasteiger partial charge in [0.25, 0.3) is 0 Å². The maximum absolute atomic E-state index is 11.4. The van der Waals surface area contributed by atoms with Gasteiger partial charge in [0.2, 0.25) is 11.8 Å².